The summed E-state index contributed by atoms with van der Waals surface area (Å²) in [6.07, 6.45) is 0.632. The molecule has 0 atom stereocenters. The van der Waals surface area contributed by atoms with E-state index < -0.39 is 21.8 Å². The van der Waals surface area contributed by atoms with Gasteiger partial charge in [-0.15, -0.1) is 0 Å². The molecule has 3 rings (SSSR count). The van der Waals surface area contributed by atoms with E-state index in [1.165, 1.54) is 11.0 Å². The molecule has 2 aliphatic heterocycles. The smallest absolute Gasteiger partial charge is 0.267 e. The number of ether oxygens (including phenoxy) is 1. The van der Waals surface area contributed by atoms with Gasteiger partial charge in [-0.25, -0.2) is 12.7 Å². The molecule has 2 saturated heterocycles. The van der Waals surface area contributed by atoms with Crippen molar-refractivity contribution < 1.29 is 22.7 Å². The largest absolute Gasteiger partial charge is 0.378 e. The van der Waals surface area contributed by atoms with Crippen LogP contribution in [-0.2, 0) is 19.6 Å². The molecule has 0 saturated carbocycles. The minimum atomic E-state index is -4.12. The first kappa shape index (κ1) is 18.4. The van der Waals surface area contributed by atoms with Crippen molar-refractivity contribution in [2.24, 2.45) is 0 Å². The highest BCUT2D eigenvalue weighted by molar-refractivity contribution is 7.89. The predicted molar refractivity (Wildman–Crippen MR) is 91.3 cm³/mol. The number of carbonyl (C=O) groups is 2. The fraction of sp³-hybridized carbons (Fsp3) is 0.467. The molecule has 0 aliphatic carbocycles. The van der Waals surface area contributed by atoms with Crippen molar-refractivity contribution >= 4 is 45.0 Å². The Labute approximate surface area is 155 Å². The van der Waals surface area contributed by atoms with E-state index in [4.69, 9.17) is 27.9 Å². The molecule has 136 valence electrons. The Kier molecular flexibility index (Phi) is 5.24. The number of morpholine rings is 1. The lowest BCUT2D eigenvalue weighted by molar-refractivity contribution is -0.123. The van der Waals surface area contributed by atoms with Crippen molar-refractivity contribution in [3.63, 3.8) is 0 Å². The monoisotopic (exact) mass is 406 g/mol. The number of nitrogens with zero attached hydrogens (tertiary/aromatic N) is 2. The van der Waals surface area contributed by atoms with E-state index in [2.05, 4.69) is 0 Å². The van der Waals surface area contributed by atoms with Gasteiger partial charge in [-0.2, -0.15) is 0 Å². The van der Waals surface area contributed by atoms with Gasteiger partial charge in [0.05, 0.1) is 28.8 Å². The zero-order valence-electron chi connectivity index (χ0n) is 13.2. The van der Waals surface area contributed by atoms with Crippen molar-refractivity contribution in [1.29, 1.82) is 0 Å². The molecule has 0 radical (unpaired) electrons. The first-order chi connectivity index (χ1) is 11.8. The van der Waals surface area contributed by atoms with Crippen molar-refractivity contribution in [1.82, 2.24) is 9.21 Å². The number of sulfonamides is 1. The number of rotatable bonds is 3. The second-order valence-corrected chi connectivity index (χ2v) is 8.39. The molecule has 2 amide bonds. The molecule has 0 bridgehead atoms. The van der Waals surface area contributed by atoms with Crippen LogP contribution in [0.5, 0.6) is 0 Å². The molecule has 0 aromatic heterocycles. The summed E-state index contributed by atoms with van der Waals surface area (Å²) < 4.78 is 31.5. The van der Waals surface area contributed by atoms with Gasteiger partial charge in [-0.1, -0.05) is 23.2 Å². The summed E-state index contributed by atoms with van der Waals surface area (Å²) >= 11 is 12.2. The van der Waals surface area contributed by atoms with Crippen LogP contribution in [0.4, 0.5) is 0 Å². The maximum absolute atomic E-state index is 12.8. The molecule has 10 heteroatoms. The predicted octanol–water partition coefficient (Wildman–Crippen LogP) is 1.78. The van der Waals surface area contributed by atoms with Crippen LogP contribution >= 0.6 is 23.2 Å². The van der Waals surface area contributed by atoms with Gasteiger partial charge < -0.3 is 9.64 Å². The van der Waals surface area contributed by atoms with Gasteiger partial charge >= 0.3 is 0 Å². The van der Waals surface area contributed by atoms with Crippen LogP contribution in [-0.4, -0.2) is 62.3 Å². The number of amides is 2. The highest BCUT2D eigenvalue weighted by Gasteiger charge is 2.35. The van der Waals surface area contributed by atoms with E-state index in [0.717, 1.165) is 10.4 Å². The summed E-state index contributed by atoms with van der Waals surface area (Å²) in [4.78, 5) is 25.7. The summed E-state index contributed by atoms with van der Waals surface area (Å²) in [7, 11) is -4.12. The molecule has 2 aliphatic rings. The van der Waals surface area contributed by atoms with E-state index >= 15 is 0 Å². The lowest BCUT2D eigenvalue weighted by atomic mass is 10.2. The highest BCUT2D eigenvalue weighted by atomic mass is 35.5. The minimum absolute atomic E-state index is 0.0400. The van der Waals surface area contributed by atoms with E-state index in [1.807, 2.05) is 0 Å². The number of hydrogen-bond acceptors (Lipinski definition) is 5. The van der Waals surface area contributed by atoms with Gasteiger partial charge in [0.25, 0.3) is 15.9 Å². The quantitative estimate of drug-likeness (QED) is 0.763. The van der Waals surface area contributed by atoms with Crippen LogP contribution in [0.15, 0.2) is 17.0 Å². The Hall–Kier alpha value is -1.35. The van der Waals surface area contributed by atoms with Crippen LogP contribution in [0, 0.1) is 0 Å². The summed E-state index contributed by atoms with van der Waals surface area (Å²) in [5.41, 5.74) is 0.0400. The van der Waals surface area contributed by atoms with Crippen molar-refractivity contribution in [2.75, 3.05) is 32.8 Å². The van der Waals surface area contributed by atoms with Gasteiger partial charge in [0.1, 0.15) is 4.90 Å². The summed E-state index contributed by atoms with van der Waals surface area (Å²) in [6.45, 7) is 1.70. The average Bonchev–Trinajstić information content (AvgIpc) is 3.02. The third-order valence-corrected chi connectivity index (χ3v) is 6.75. The van der Waals surface area contributed by atoms with Gasteiger partial charge in [0.15, 0.2) is 0 Å². The molecule has 25 heavy (non-hydrogen) atoms. The summed E-state index contributed by atoms with van der Waals surface area (Å²) in [5.74, 6) is -0.874. The molecular weight excluding hydrogens is 391 g/mol. The highest BCUT2D eigenvalue weighted by Crippen LogP contribution is 2.33. The molecule has 7 nitrogen and oxygen atoms in total. The van der Waals surface area contributed by atoms with E-state index in [0.29, 0.717) is 32.7 Å². The third kappa shape index (κ3) is 3.48. The fourth-order valence-corrected chi connectivity index (χ4v) is 5.12. The SMILES string of the molecule is O=C(c1cc(S(=O)(=O)N2CCCC2=O)c(Cl)cc1Cl)N1CCOCC1. The van der Waals surface area contributed by atoms with Gasteiger partial charge in [0.2, 0.25) is 5.91 Å². The summed E-state index contributed by atoms with van der Waals surface area (Å²) in [6, 6.07) is 2.38. The molecule has 1 aromatic rings. The average molecular weight is 407 g/mol. The van der Waals surface area contributed by atoms with Crippen molar-refractivity contribution in [3.05, 3.63) is 27.7 Å². The van der Waals surface area contributed by atoms with Crippen LogP contribution in [0.2, 0.25) is 10.0 Å². The Balaban J connectivity index is 2.01. The lowest BCUT2D eigenvalue weighted by Gasteiger charge is -2.27. The van der Waals surface area contributed by atoms with Crippen molar-refractivity contribution in [2.45, 2.75) is 17.7 Å². The molecule has 2 fully saturated rings. The molecular formula is C15H16Cl2N2O5S. The molecule has 0 spiro atoms. The van der Waals surface area contributed by atoms with Crippen LogP contribution in [0.1, 0.15) is 23.2 Å². The second kappa shape index (κ2) is 7.11. The Bertz CT molecular complexity index is 821. The normalized spacial score (nSPS) is 18.7. The van der Waals surface area contributed by atoms with E-state index in [9.17, 15) is 18.0 Å². The van der Waals surface area contributed by atoms with Crippen LogP contribution in [0.25, 0.3) is 0 Å². The number of hydrogen-bond donors (Lipinski definition) is 0. The number of benzene rings is 1. The summed E-state index contributed by atoms with van der Waals surface area (Å²) in [5, 5.41) is -0.0589. The first-order valence-corrected chi connectivity index (χ1v) is 9.93. The van der Waals surface area contributed by atoms with E-state index in [1.54, 1.807) is 0 Å². The number of carbonyl (C=O) groups excluding carboxylic acids is 2. The maximum atomic E-state index is 12.8. The van der Waals surface area contributed by atoms with Crippen LogP contribution in [0.3, 0.4) is 0 Å². The van der Waals surface area contributed by atoms with Gasteiger partial charge in [0, 0.05) is 26.1 Å². The molecule has 0 unspecified atom stereocenters. The lowest BCUT2D eigenvalue weighted by Crippen LogP contribution is -2.41. The third-order valence-electron chi connectivity index (χ3n) is 4.15. The molecule has 2 heterocycles. The van der Waals surface area contributed by atoms with Crippen LogP contribution < -0.4 is 0 Å². The minimum Gasteiger partial charge on any atom is -0.378 e. The maximum Gasteiger partial charge on any atom is 0.267 e. The Morgan fingerprint density at radius 3 is 2.36 bits per heavy atom. The second-order valence-electron chi connectivity index (χ2n) is 5.74. The Morgan fingerprint density at radius 1 is 1.08 bits per heavy atom. The first-order valence-electron chi connectivity index (χ1n) is 7.74. The zero-order valence-corrected chi connectivity index (χ0v) is 15.5. The number of halogens is 2. The van der Waals surface area contributed by atoms with E-state index in [-0.39, 0.29) is 33.5 Å². The molecule has 0 N–H and O–H groups in total. The van der Waals surface area contributed by atoms with Gasteiger partial charge in [-0.05, 0) is 18.6 Å². The Morgan fingerprint density at radius 2 is 1.76 bits per heavy atom. The molecule has 1 aromatic carbocycles. The van der Waals surface area contributed by atoms with Gasteiger partial charge in [-0.3, -0.25) is 9.59 Å². The topological polar surface area (TPSA) is 84.0 Å². The zero-order chi connectivity index (χ0) is 18.2. The fourth-order valence-electron chi connectivity index (χ4n) is 2.82. The van der Waals surface area contributed by atoms with Crippen molar-refractivity contribution in [3.8, 4) is 0 Å². The standard InChI is InChI=1S/C15H16Cl2N2O5S/c16-11-9-12(17)13(25(22,23)19-3-1-2-14(19)20)8-10(11)15(21)18-4-6-24-7-5-18/h8-9H,1-7H2.